The highest BCUT2D eigenvalue weighted by Gasteiger charge is 2.60. The number of amides is 4. The molecule has 4 aliphatic rings. The van der Waals surface area contributed by atoms with Gasteiger partial charge in [0, 0.05) is 45.6 Å². The molecule has 0 heterocycles. The molecule has 93 heavy (non-hydrogen) atoms. The Balaban J connectivity index is 0.000000452. The lowest BCUT2D eigenvalue weighted by molar-refractivity contribution is -0.142. The van der Waals surface area contributed by atoms with Crippen LogP contribution < -0.4 is 48.6 Å². The fourth-order valence-corrected chi connectivity index (χ4v) is 16.0. The van der Waals surface area contributed by atoms with Gasteiger partial charge in [-0.25, -0.2) is 14.4 Å². The number of hydrogen-bond donors (Lipinski definition) is 15. The number of benzene rings is 2. The molecule has 0 saturated heterocycles. The molecule has 16 N–H and O–H groups in total. The lowest BCUT2D eigenvalue weighted by Crippen LogP contribution is -2.54. The molecule has 0 aliphatic heterocycles. The number of nitrogens with two attached hydrogens (primary N) is 1. The lowest BCUT2D eigenvalue weighted by Gasteiger charge is -2.61. The van der Waals surface area contributed by atoms with Gasteiger partial charge in [0.25, 0.3) is 0 Å². The van der Waals surface area contributed by atoms with Gasteiger partial charge in [-0.1, -0.05) is 75.7 Å². The smallest absolute Gasteiger partial charge is 0.480 e. The number of aliphatic hydroxyl groups is 1. The average Bonchev–Trinajstić information content (AvgIpc) is 1.69. The number of carbonyl (C=O) groups excluding carboxylic acids is 4. The van der Waals surface area contributed by atoms with E-state index in [1.54, 1.807) is 69.7 Å². The van der Waals surface area contributed by atoms with Gasteiger partial charge in [0.15, 0.2) is 0 Å². The molecule has 10 unspecified atom stereocenters. The van der Waals surface area contributed by atoms with Gasteiger partial charge in [0.1, 0.15) is 18.1 Å². The van der Waals surface area contributed by atoms with Crippen LogP contribution in [0.3, 0.4) is 0 Å². The van der Waals surface area contributed by atoms with Gasteiger partial charge in [-0.05, 0) is 219 Å². The van der Waals surface area contributed by atoms with Gasteiger partial charge in [0.05, 0.1) is 18.2 Å². The van der Waals surface area contributed by atoms with Gasteiger partial charge in [0.2, 0.25) is 23.6 Å². The number of aliphatic hydroxyl groups excluding tert-OH is 1. The first-order valence-electron chi connectivity index (χ1n) is 34.0. The quantitative estimate of drug-likeness (QED) is 0.0337. The fourth-order valence-electron chi connectivity index (χ4n) is 16.0. The molecule has 2 aromatic rings. The summed E-state index contributed by atoms with van der Waals surface area (Å²) in [4.78, 5) is 90.6. The Labute approximate surface area is 551 Å². The van der Waals surface area contributed by atoms with Crippen LogP contribution in [-0.4, -0.2) is 197 Å². The minimum atomic E-state index is -1.62. The highest BCUT2D eigenvalue weighted by molar-refractivity contribution is 6.59. The summed E-state index contributed by atoms with van der Waals surface area (Å²) < 4.78 is 0. The Kier molecular flexibility index (Phi) is 32.2. The Morgan fingerprint density at radius 3 is 1.57 bits per heavy atom. The lowest BCUT2D eigenvalue weighted by atomic mass is 9.44. The van der Waals surface area contributed by atoms with Gasteiger partial charge in [-0.2, -0.15) is 0 Å². The number of nitrogens with zero attached hydrogens (tertiary/aromatic N) is 2. The number of nitrogens with one attached hydrogen (secondary N) is 6. The Morgan fingerprint density at radius 1 is 0.581 bits per heavy atom. The van der Waals surface area contributed by atoms with Gasteiger partial charge < -0.3 is 88.0 Å². The molecule has 0 spiro atoms. The van der Waals surface area contributed by atoms with Crippen molar-refractivity contribution in [1.29, 1.82) is 0 Å². The maximum Gasteiger partial charge on any atom is 0.488 e. The Bertz CT molecular complexity index is 2720. The van der Waals surface area contributed by atoms with Gasteiger partial charge in [-0.15, -0.1) is 0 Å². The summed E-state index contributed by atoms with van der Waals surface area (Å²) in [7, 11) is 3.69. The maximum atomic E-state index is 13.1. The molecular weight excluding hydrogens is 1190 g/mol. The third-order valence-electron chi connectivity index (χ3n) is 21.4. The summed E-state index contributed by atoms with van der Waals surface area (Å²) in [6.07, 6.45) is 15.1. The summed E-state index contributed by atoms with van der Waals surface area (Å²) in [6.45, 7) is 9.67. The number of aliphatic carboxylic acids is 3. The van der Waals surface area contributed by atoms with Crippen LogP contribution in [-0.2, 0) is 46.7 Å². The largest absolute Gasteiger partial charge is 0.488 e. The molecule has 520 valence electrons. The zero-order valence-electron chi connectivity index (χ0n) is 56.2. The Hall–Kier alpha value is -5.54. The Morgan fingerprint density at radius 2 is 1.06 bits per heavy atom. The van der Waals surface area contributed by atoms with Gasteiger partial charge in [-0.3, -0.25) is 19.2 Å². The van der Waals surface area contributed by atoms with Crippen LogP contribution in [0.15, 0.2) is 48.5 Å². The zero-order chi connectivity index (χ0) is 68.6. The minimum absolute atomic E-state index is 0.0340. The molecule has 4 aliphatic carbocycles. The van der Waals surface area contributed by atoms with E-state index in [1.807, 2.05) is 16.8 Å². The highest BCUT2D eigenvalue weighted by atomic mass is 16.4. The van der Waals surface area contributed by atoms with Crippen LogP contribution in [0.1, 0.15) is 167 Å². The van der Waals surface area contributed by atoms with Crippen molar-refractivity contribution in [1.82, 2.24) is 41.7 Å². The van der Waals surface area contributed by atoms with Crippen molar-refractivity contribution in [2.45, 2.75) is 205 Å². The van der Waals surface area contributed by atoms with Crippen LogP contribution in [0, 0.1) is 46.3 Å². The second-order valence-electron chi connectivity index (χ2n) is 27.6. The van der Waals surface area contributed by atoms with Crippen LogP contribution in [0.2, 0.25) is 0 Å². The first-order valence-corrected chi connectivity index (χ1v) is 34.0. The SMILES string of the molecule is CNC(CCCCN)C(=O)NC(CCN(C)Cc1ccccc1B(O)O)C(=O)O.CNC(CCCCNC(=O)CCC(NC(=O)CCC(C)C1CCC2C3CC[C@H]4C[C@@H](O)CC[C@@]4(C)C3CC[C@@]12C)C(=O)O)C(=O)NC(CCN(C)Cc1ccccc1B(O)O)C(=O)O. The number of unbranched alkanes of at least 4 members (excludes halogenated alkanes) is 2. The van der Waals surface area contributed by atoms with Crippen molar-refractivity contribution >= 4 is 66.7 Å². The number of hydrogen-bond acceptors (Lipinski definition) is 17. The molecule has 14 atom stereocenters. The summed E-state index contributed by atoms with van der Waals surface area (Å²) in [5, 5.41) is 94.3. The van der Waals surface area contributed by atoms with Crippen molar-refractivity contribution in [2.24, 2.45) is 52.1 Å². The second kappa shape index (κ2) is 38.3. The predicted molar refractivity (Wildman–Crippen MR) is 357 cm³/mol. The standard InChI is InChI=1S/C48H78BN5O10.C19H33BN4O5/c1-30(35-16-17-36-34-15-14-32-28-33(55)21-24-47(32,2)37(34)22-25-48(35,36)3)13-19-43(57)52-40(45(59)60)18-20-42(56)51-26-9-8-12-39(50-4)44(58)53-41(46(61)62)23-27-54(5)29-31-10-6-7-11-38(31)49(63)64;1-22-16(9-5-6-11-21)18(25)23-17(19(26)27)10-12-24(2)13-14-7-3-4-8-15(14)20(28)29/h6-7,10-11,30,32-37,39-41,50,55,63-64H,8-9,12-29H2,1-5H3,(H,51,56)(H,52,57)(H,53,58)(H,59,60)(H,61,62);3-4,7-8,16-17,22,28-29H,5-6,9-13,21H2,1-2H3,(H,23,25)(H,26,27)/t30?,32-,33-,34?,35?,36?,37?,39?,40?,41?,47+,48-;/m0./s1. The summed E-state index contributed by atoms with van der Waals surface area (Å²) >= 11 is 0. The van der Waals surface area contributed by atoms with E-state index in [2.05, 4.69) is 52.7 Å². The van der Waals surface area contributed by atoms with E-state index >= 15 is 0 Å². The number of carboxylic acids is 3. The molecule has 2 aromatic carbocycles. The van der Waals surface area contributed by atoms with Crippen LogP contribution in [0.4, 0.5) is 0 Å². The molecule has 0 bridgehead atoms. The average molecular weight is 1300 g/mol. The number of likely N-dealkylation sites (N-methyl/N-ethyl adjacent to an activating group) is 2. The van der Waals surface area contributed by atoms with Crippen LogP contribution in [0.5, 0.6) is 0 Å². The van der Waals surface area contributed by atoms with Crippen molar-refractivity contribution in [3.63, 3.8) is 0 Å². The number of carboxylic acid groups (broad SMARTS) is 3. The molecule has 26 heteroatoms. The van der Waals surface area contributed by atoms with E-state index in [-0.39, 0.29) is 61.3 Å². The first-order chi connectivity index (χ1) is 44.2. The van der Waals surface area contributed by atoms with E-state index in [0.29, 0.717) is 117 Å². The molecule has 0 aromatic heterocycles. The normalized spacial score (nSPS) is 24.2. The fraction of sp³-hybridized carbons (Fsp3) is 0.716. The molecule has 0 radical (unpaired) electrons. The molecule has 6 rings (SSSR count). The second-order valence-corrected chi connectivity index (χ2v) is 27.6. The van der Waals surface area contributed by atoms with Crippen molar-refractivity contribution in [3.05, 3.63) is 59.7 Å². The molecule has 4 saturated carbocycles. The third-order valence-corrected chi connectivity index (χ3v) is 21.4. The minimum Gasteiger partial charge on any atom is -0.480 e. The van der Waals surface area contributed by atoms with E-state index in [1.165, 1.54) is 38.5 Å². The molecule has 24 nitrogen and oxygen atoms in total. The molecule has 4 fully saturated rings. The van der Waals surface area contributed by atoms with Crippen LogP contribution >= 0.6 is 0 Å². The third kappa shape index (κ3) is 23.1. The van der Waals surface area contributed by atoms with Crippen molar-refractivity contribution in [2.75, 3.05) is 54.4 Å². The number of rotatable bonds is 38. The van der Waals surface area contributed by atoms with Gasteiger partial charge >= 0.3 is 32.1 Å². The topological polar surface area (TPSA) is 386 Å². The summed E-state index contributed by atoms with van der Waals surface area (Å²) in [6, 6.07) is 9.40. The summed E-state index contributed by atoms with van der Waals surface area (Å²) in [5.74, 6) is -1.16. The number of fused-ring (bicyclic) bond motifs is 5. The predicted octanol–water partition coefficient (Wildman–Crippen LogP) is 1.89. The van der Waals surface area contributed by atoms with Crippen molar-refractivity contribution in [3.8, 4) is 0 Å². The van der Waals surface area contributed by atoms with Crippen molar-refractivity contribution < 1.29 is 74.1 Å². The zero-order valence-corrected chi connectivity index (χ0v) is 56.2. The van der Waals surface area contributed by atoms with E-state index in [0.717, 1.165) is 49.5 Å². The first kappa shape index (κ1) is 78.2. The number of carbonyl (C=O) groups is 7. The maximum absolute atomic E-state index is 13.1. The molecular formula is C67H111B2N9O15. The highest BCUT2D eigenvalue weighted by Crippen LogP contribution is 2.68. The van der Waals surface area contributed by atoms with Crippen LogP contribution in [0.25, 0.3) is 0 Å². The molecule has 4 amide bonds. The monoisotopic (exact) mass is 1300 g/mol. The summed E-state index contributed by atoms with van der Waals surface area (Å²) in [5.41, 5.74) is 8.29. The van der Waals surface area contributed by atoms with E-state index in [9.17, 15) is 74.1 Å². The van der Waals surface area contributed by atoms with E-state index < -0.39 is 68.3 Å². The van der Waals surface area contributed by atoms with E-state index in [4.69, 9.17) is 5.73 Å².